The molecule has 0 saturated carbocycles. The van der Waals surface area contributed by atoms with Crippen LogP contribution in [-0.4, -0.2) is 70.1 Å². The summed E-state index contributed by atoms with van der Waals surface area (Å²) in [5, 5.41) is 0. The molecule has 0 spiro atoms. The summed E-state index contributed by atoms with van der Waals surface area (Å²) in [5.74, 6) is 0.826. The Kier molecular flexibility index (Phi) is 3.53. The standard InChI is InChI=1S/C17H20N4O3/c1-11-18-12-5-3-4-6-13(12)21(11)9-16(22)20-7-14-15(8-20)24-10-17(23)19(14)2/h3-6,14-15H,7-10H2,1-2H3/t14-,15-/m0/s1. The molecule has 2 aliphatic heterocycles. The molecule has 0 unspecified atom stereocenters. The smallest absolute Gasteiger partial charge is 0.248 e. The van der Waals surface area contributed by atoms with Crippen LogP contribution in [0.5, 0.6) is 0 Å². The normalized spacial score (nSPS) is 23.8. The molecule has 1 aromatic heterocycles. The van der Waals surface area contributed by atoms with Gasteiger partial charge >= 0.3 is 0 Å². The van der Waals surface area contributed by atoms with E-state index in [0.717, 1.165) is 16.9 Å². The highest BCUT2D eigenvalue weighted by Crippen LogP contribution is 2.23. The van der Waals surface area contributed by atoms with E-state index in [4.69, 9.17) is 4.74 Å². The number of rotatable bonds is 2. The van der Waals surface area contributed by atoms with Crippen molar-refractivity contribution >= 4 is 22.8 Å². The van der Waals surface area contributed by atoms with Crippen molar-refractivity contribution in [1.29, 1.82) is 0 Å². The van der Waals surface area contributed by atoms with E-state index >= 15 is 0 Å². The molecule has 2 aromatic rings. The SMILES string of the molecule is Cc1nc2ccccc2n1CC(=O)N1C[C@@H]2OCC(=O)N(C)[C@H]2C1. The summed E-state index contributed by atoms with van der Waals surface area (Å²) in [6.07, 6.45) is -0.0859. The van der Waals surface area contributed by atoms with Crippen LogP contribution in [0.2, 0.25) is 0 Å². The third-order valence-corrected chi connectivity index (χ3v) is 5.04. The fourth-order valence-electron chi connectivity index (χ4n) is 3.59. The molecule has 7 heteroatoms. The Morgan fingerprint density at radius 2 is 2.12 bits per heavy atom. The molecular weight excluding hydrogens is 308 g/mol. The number of likely N-dealkylation sites (tertiary alicyclic amines) is 1. The van der Waals surface area contributed by atoms with E-state index < -0.39 is 0 Å². The van der Waals surface area contributed by atoms with E-state index in [1.807, 2.05) is 35.8 Å². The van der Waals surface area contributed by atoms with Crippen molar-refractivity contribution in [2.24, 2.45) is 0 Å². The molecule has 0 radical (unpaired) electrons. The lowest BCUT2D eigenvalue weighted by molar-refractivity contribution is -0.150. The number of aromatic nitrogens is 2. The van der Waals surface area contributed by atoms with Crippen molar-refractivity contribution in [2.45, 2.75) is 25.6 Å². The number of carbonyl (C=O) groups is 2. The number of aryl methyl sites for hydroxylation is 1. The average molecular weight is 328 g/mol. The van der Waals surface area contributed by atoms with Crippen LogP contribution >= 0.6 is 0 Å². The number of imidazole rings is 1. The van der Waals surface area contributed by atoms with Crippen molar-refractivity contribution < 1.29 is 14.3 Å². The number of likely N-dealkylation sites (N-methyl/N-ethyl adjacent to an activating group) is 1. The van der Waals surface area contributed by atoms with Crippen LogP contribution < -0.4 is 0 Å². The maximum atomic E-state index is 12.8. The Hall–Kier alpha value is -2.41. The molecular formula is C17H20N4O3. The summed E-state index contributed by atoms with van der Waals surface area (Å²) in [7, 11) is 1.78. The van der Waals surface area contributed by atoms with Crippen molar-refractivity contribution in [3.05, 3.63) is 30.1 Å². The Morgan fingerprint density at radius 3 is 2.96 bits per heavy atom. The van der Waals surface area contributed by atoms with E-state index in [9.17, 15) is 9.59 Å². The van der Waals surface area contributed by atoms with Crippen LogP contribution in [0, 0.1) is 6.92 Å². The Morgan fingerprint density at radius 1 is 1.33 bits per heavy atom. The minimum atomic E-state index is -0.0859. The van der Waals surface area contributed by atoms with Crippen molar-refractivity contribution in [3.8, 4) is 0 Å². The fraction of sp³-hybridized carbons (Fsp3) is 0.471. The molecule has 0 bridgehead atoms. The summed E-state index contributed by atoms with van der Waals surface area (Å²) in [5.41, 5.74) is 1.86. The number of amides is 2. The number of hydrogen-bond donors (Lipinski definition) is 0. The quantitative estimate of drug-likeness (QED) is 0.801. The predicted molar refractivity (Wildman–Crippen MR) is 87.3 cm³/mol. The second kappa shape index (κ2) is 5.59. The van der Waals surface area contributed by atoms with E-state index in [-0.39, 0.29) is 37.1 Å². The summed E-state index contributed by atoms with van der Waals surface area (Å²) in [6, 6.07) is 7.76. The molecule has 2 amide bonds. The average Bonchev–Trinajstić information content (AvgIpc) is 3.14. The number of benzene rings is 1. The monoisotopic (exact) mass is 328 g/mol. The van der Waals surface area contributed by atoms with Crippen molar-refractivity contribution in [3.63, 3.8) is 0 Å². The topological polar surface area (TPSA) is 67.7 Å². The molecule has 0 aliphatic carbocycles. The number of ether oxygens (including phenoxy) is 1. The molecule has 24 heavy (non-hydrogen) atoms. The molecule has 3 heterocycles. The number of fused-ring (bicyclic) bond motifs is 2. The number of para-hydroxylation sites is 2. The molecule has 126 valence electrons. The Bertz CT molecular complexity index is 815. The van der Waals surface area contributed by atoms with Gasteiger partial charge in [0.25, 0.3) is 0 Å². The molecule has 0 N–H and O–H groups in total. The van der Waals surface area contributed by atoms with Crippen LogP contribution in [-0.2, 0) is 20.9 Å². The van der Waals surface area contributed by atoms with E-state index in [1.165, 1.54) is 0 Å². The van der Waals surface area contributed by atoms with Gasteiger partial charge in [-0.3, -0.25) is 9.59 Å². The van der Waals surface area contributed by atoms with Gasteiger partial charge < -0.3 is 19.1 Å². The lowest BCUT2D eigenvalue weighted by Crippen LogP contribution is -2.51. The van der Waals surface area contributed by atoms with E-state index in [2.05, 4.69) is 4.98 Å². The zero-order chi connectivity index (χ0) is 16.8. The molecule has 4 rings (SSSR count). The Balaban J connectivity index is 1.53. The first-order valence-electron chi connectivity index (χ1n) is 8.11. The van der Waals surface area contributed by atoms with Crippen molar-refractivity contribution in [1.82, 2.24) is 19.4 Å². The van der Waals surface area contributed by atoms with Gasteiger partial charge in [0, 0.05) is 20.1 Å². The second-order valence-corrected chi connectivity index (χ2v) is 6.45. The highest BCUT2D eigenvalue weighted by Gasteiger charge is 2.43. The first-order valence-corrected chi connectivity index (χ1v) is 8.11. The molecule has 2 atom stereocenters. The molecule has 2 fully saturated rings. The summed E-state index contributed by atoms with van der Waals surface area (Å²) < 4.78 is 7.53. The largest absolute Gasteiger partial charge is 0.364 e. The van der Waals surface area contributed by atoms with Gasteiger partial charge in [-0.15, -0.1) is 0 Å². The second-order valence-electron chi connectivity index (χ2n) is 6.45. The Labute approximate surface area is 139 Å². The minimum absolute atomic E-state index is 0.0259. The van der Waals surface area contributed by atoms with Gasteiger partial charge in [-0.05, 0) is 19.1 Å². The summed E-state index contributed by atoms with van der Waals surface area (Å²) >= 11 is 0. The molecule has 2 saturated heterocycles. The van der Waals surface area contributed by atoms with Gasteiger partial charge in [-0.25, -0.2) is 4.98 Å². The third-order valence-electron chi connectivity index (χ3n) is 5.04. The van der Waals surface area contributed by atoms with E-state index in [0.29, 0.717) is 13.1 Å². The third kappa shape index (κ3) is 2.36. The molecule has 2 aliphatic rings. The van der Waals surface area contributed by atoms with Crippen LogP contribution in [0.3, 0.4) is 0 Å². The number of carbonyl (C=O) groups excluding carboxylic acids is 2. The highest BCUT2D eigenvalue weighted by molar-refractivity contribution is 5.82. The lowest BCUT2D eigenvalue weighted by atomic mass is 10.1. The van der Waals surface area contributed by atoms with Crippen molar-refractivity contribution in [2.75, 3.05) is 26.7 Å². The van der Waals surface area contributed by atoms with Gasteiger partial charge in [0.1, 0.15) is 19.0 Å². The van der Waals surface area contributed by atoms with Gasteiger partial charge in [0.05, 0.1) is 23.2 Å². The van der Waals surface area contributed by atoms with Gasteiger partial charge in [0.15, 0.2) is 0 Å². The molecule has 1 aromatic carbocycles. The van der Waals surface area contributed by atoms with Gasteiger partial charge in [-0.1, -0.05) is 12.1 Å². The van der Waals surface area contributed by atoms with Crippen LogP contribution in [0.1, 0.15) is 5.82 Å². The number of nitrogens with zero attached hydrogens (tertiary/aromatic N) is 4. The van der Waals surface area contributed by atoms with Gasteiger partial charge in [-0.2, -0.15) is 0 Å². The van der Waals surface area contributed by atoms with Gasteiger partial charge in [0.2, 0.25) is 11.8 Å². The van der Waals surface area contributed by atoms with E-state index in [1.54, 1.807) is 16.8 Å². The highest BCUT2D eigenvalue weighted by atomic mass is 16.5. The fourth-order valence-corrected chi connectivity index (χ4v) is 3.59. The zero-order valence-corrected chi connectivity index (χ0v) is 13.8. The maximum absolute atomic E-state index is 12.8. The van der Waals surface area contributed by atoms with Crippen LogP contribution in [0.15, 0.2) is 24.3 Å². The molecule has 7 nitrogen and oxygen atoms in total. The number of morpholine rings is 1. The van der Waals surface area contributed by atoms with Crippen LogP contribution in [0.25, 0.3) is 11.0 Å². The lowest BCUT2D eigenvalue weighted by Gasteiger charge is -2.33. The first kappa shape index (κ1) is 15.1. The number of hydrogen-bond acceptors (Lipinski definition) is 4. The first-order chi connectivity index (χ1) is 11.5. The minimum Gasteiger partial charge on any atom is -0.364 e. The predicted octanol–water partition coefficient (Wildman–Crippen LogP) is 0.413. The maximum Gasteiger partial charge on any atom is 0.248 e. The summed E-state index contributed by atoms with van der Waals surface area (Å²) in [4.78, 5) is 32.5. The zero-order valence-electron chi connectivity index (χ0n) is 13.8. The van der Waals surface area contributed by atoms with Crippen LogP contribution in [0.4, 0.5) is 0 Å². The summed E-state index contributed by atoms with van der Waals surface area (Å²) in [6.45, 7) is 3.32.